The molecule has 0 radical (unpaired) electrons. The summed E-state index contributed by atoms with van der Waals surface area (Å²) in [6.45, 7) is 7.71. The highest BCUT2D eigenvalue weighted by atomic mass is 16.7. The highest BCUT2D eigenvalue weighted by Gasteiger charge is 2.59. The van der Waals surface area contributed by atoms with Crippen LogP contribution in [0.15, 0.2) is 11.6 Å². The smallest absolute Gasteiger partial charge is 0.157 e. The minimum atomic E-state index is 0.0347. The van der Waals surface area contributed by atoms with Gasteiger partial charge < -0.3 is 9.47 Å². The molecule has 0 amide bonds. The van der Waals surface area contributed by atoms with E-state index in [1.807, 2.05) is 6.92 Å². The summed E-state index contributed by atoms with van der Waals surface area (Å²) in [5.74, 6) is 3.08. The molecule has 0 aromatic carbocycles. The normalized spacial score (nSPS) is 49.6. The zero-order valence-electron chi connectivity index (χ0n) is 18.8. The molecular formula is C26H40O3. The van der Waals surface area contributed by atoms with E-state index in [2.05, 4.69) is 19.9 Å². The number of ketones is 1. The average molecular weight is 401 g/mol. The first kappa shape index (κ1) is 20.2. The molecule has 0 spiro atoms. The fourth-order valence-electron chi connectivity index (χ4n) is 8.44. The van der Waals surface area contributed by atoms with Crippen LogP contribution in [0.1, 0.15) is 91.4 Å². The molecule has 5 aliphatic rings. The summed E-state index contributed by atoms with van der Waals surface area (Å²) in [7, 11) is 0. The molecule has 4 aliphatic carbocycles. The van der Waals surface area contributed by atoms with Crippen molar-refractivity contribution < 1.29 is 14.3 Å². The third-order valence-electron chi connectivity index (χ3n) is 10.0. The molecule has 0 unspecified atom stereocenters. The predicted molar refractivity (Wildman–Crippen MR) is 114 cm³/mol. The number of rotatable bonds is 3. The summed E-state index contributed by atoms with van der Waals surface area (Å²) in [5, 5.41) is 0. The van der Waals surface area contributed by atoms with Gasteiger partial charge in [-0.2, -0.15) is 0 Å². The van der Waals surface area contributed by atoms with Crippen LogP contribution in [-0.2, 0) is 14.3 Å². The first-order chi connectivity index (χ1) is 13.9. The van der Waals surface area contributed by atoms with Crippen LogP contribution < -0.4 is 0 Å². The summed E-state index contributed by atoms with van der Waals surface area (Å²) in [6, 6.07) is 0. The van der Waals surface area contributed by atoms with E-state index in [4.69, 9.17) is 9.47 Å². The van der Waals surface area contributed by atoms with Gasteiger partial charge in [-0.15, -0.1) is 0 Å². The van der Waals surface area contributed by atoms with Gasteiger partial charge in [-0.25, -0.2) is 0 Å². The second-order valence-electron chi connectivity index (χ2n) is 11.3. The molecule has 8 atom stereocenters. The maximum atomic E-state index is 12.3. The van der Waals surface area contributed by atoms with E-state index in [0.29, 0.717) is 23.2 Å². The maximum Gasteiger partial charge on any atom is 0.157 e. The Hall–Kier alpha value is -0.670. The van der Waals surface area contributed by atoms with Crippen LogP contribution in [0.25, 0.3) is 0 Å². The van der Waals surface area contributed by atoms with Crippen molar-refractivity contribution in [1.29, 1.82) is 0 Å². The SMILES string of the molecule is CC(=O)[C@@H]1CC[C@@H]2[C@H]3CC=C4C[C@@H](O[C@H]5CCCCO5)CC[C@]4(C)[C@@H]3CC[C@]21C. The third kappa shape index (κ3) is 3.26. The molecule has 0 N–H and O–H groups in total. The van der Waals surface area contributed by atoms with Crippen LogP contribution >= 0.6 is 0 Å². The lowest BCUT2D eigenvalue weighted by Gasteiger charge is -2.58. The largest absolute Gasteiger partial charge is 0.353 e. The quantitative estimate of drug-likeness (QED) is 0.540. The Morgan fingerprint density at radius 2 is 1.93 bits per heavy atom. The molecule has 1 saturated heterocycles. The Labute approximate surface area is 177 Å². The third-order valence-corrected chi connectivity index (χ3v) is 10.0. The molecule has 0 aromatic rings. The van der Waals surface area contributed by atoms with Crippen molar-refractivity contribution in [3.8, 4) is 0 Å². The van der Waals surface area contributed by atoms with Crippen molar-refractivity contribution in [3.05, 3.63) is 11.6 Å². The number of carbonyl (C=O) groups excluding carboxylic acids is 1. The van der Waals surface area contributed by atoms with Crippen molar-refractivity contribution in [2.45, 2.75) is 104 Å². The van der Waals surface area contributed by atoms with E-state index < -0.39 is 0 Å². The number of fused-ring (bicyclic) bond motifs is 5. The second-order valence-corrected chi connectivity index (χ2v) is 11.3. The summed E-state index contributed by atoms with van der Waals surface area (Å²) >= 11 is 0. The van der Waals surface area contributed by atoms with Gasteiger partial charge in [0.05, 0.1) is 6.10 Å². The van der Waals surface area contributed by atoms with E-state index in [0.717, 1.165) is 43.6 Å². The Kier molecular flexibility index (Phi) is 5.22. The molecule has 3 nitrogen and oxygen atoms in total. The van der Waals surface area contributed by atoms with E-state index in [9.17, 15) is 4.79 Å². The van der Waals surface area contributed by atoms with Gasteiger partial charge in [0.25, 0.3) is 0 Å². The summed E-state index contributed by atoms with van der Waals surface area (Å²) in [4.78, 5) is 12.3. The molecule has 4 fully saturated rings. The number of hydrogen-bond acceptors (Lipinski definition) is 3. The van der Waals surface area contributed by atoms with E-state index >= 15 is 0 Å². The van der Waals surface area contributed by atoms with Crippen LogP contribution in [0, 0.1) is 34.5 Å². The van der Waals surface area contributed by atoms with Crippen LogP contribution in [0.4, 0.5) is 0 Å². The Balaban J connectivity index is 1.32. The van der Waals surface area contributed by atoms with Crippen molar-refractivity contribution >= 4 is 5.78 Å². The lowest BCUT2D eigenvalue weighted by molar-refractivity contribution is -0.195. The number of ether oxygens (including phenoxy) is 2. The Bertz CT molecular complexity index is 677. The zero-order valence-corrected chi connectivity index (χ0v) is 18.8. The maximum absolute atomic E-state index is 12.3. The molecule has 5 rings (SSSR count). The first-order valence-electron chi connectivity index (χ1n) is 12.4. The molecule has 3 heteroatoms. The number of allylic oxidation sites excluding steroid dienone is 1. The van der Waals surface area contributed by atoms with E-state index in [-0.39, 0.29) is 11.7 Å². The van der Waals surface area contributed by atoms with Crippen molar-refractivity contribution in [2.24, 2.45) is 34.5 Å². The van der Waals surface area contributed by atoms with Crippen molar-refractivity contribution in [3.63, 3.8) is 0 Å². The van der Waals surface area contributed by atoms with Crippen molar-refractivity contribution in [2.75, 3.05) is 6.61 Å². The zero-order chi connectivity index (χ0) is 20.2. The van der Waals surface area contributed by atoms with E-state index in [1.54, 1.807) is 5.57 Å². The first-order valence-corrected chi connectivity index (χ1v) is 12.4. The Morgan fingerprint density at radius 3 is 2.69 bits per heavy atom. The Morgan fingerprint density at radius 1 is 1.07 bits per heavy atom. The minimum Gasteiger partial charge on any atom is -0.353 e. The number of Topliss-reactive ketones (excluding diaryl/α,β-unsaturated/α-hetero) is 1. The monoisotopic (exact) mass is 400 g/mol. The highest BCUT2D eigenvalue weighted by Crippen LogP contribution is 2.66. The van der Waals surface area contributed by atoms with Gasteiger partial charge in [0.2, 0.25) is 0 Å². The van der Waals surface area contributed by atoms with Gasteiger partial charge in [0, 0.05) is 12.5 Å². The van der Waals surface area contributed by atoms with E-state index in [1.165, 1.54) is 51.4 Å². The average Bonchev–Trinajstić information content (AvgIpc) is 3.06. The second kappa shape index (κ2) is 7.48. The molecule has 3 saturated carbocycles. The topological polar surface area (TPSA) is 35.5 Å². The standard InChI is InChI=1S/C26H40O3/c1-17(27)21-9-10-22-20-8-7-18-16-19(29-24-6-4-5-15-28-24)11-13-25(18,2)23(20)12-14-26(21,22)3/h7,19-24H,4-6,8-16H2,1-3H3/t19-,20+,21-,22+,23+,24-,25-,26-/m0/s1. The lowest BCUT2D eigenvalue weighted by Crippen LogP contribution is -2.51. The van der Waals surface area contributed by atoms with Crippen LogP contribution in [0.3, 0.4) is 0 Å². The van der Waals surface area contributed by atoms with Crippen LogP contribution in [-0.4, -0.2) is 24.8 Å². The fourth-order valence-corrected chi connectivity index (χ4v) is 8.44. The number of hydrogen-bond donors (Lipinski definition) is 0. The van der Waals surface area contributed by atoms with Crippen LogP contribution in [0.2, 0.25) is 0 Å². The van der Waals surface area contributed by atoms with Crippen LogP contribution in [0.5, 0.6) is 0 Å². The van der Waals surface area contributed by atoms with Gasteiger partial charge in [-0.1, -0.05) is 25.5 Å². The van der Waals surface area contributed by atoms with Gasteiger partial charge in [-0.05, 0) is 106 Å². The molecule has 1 heterocycles. The molecule has 0 bridgehead atoms. The molecule has 29 heavy (non-hydrogen) atoms. The molecule has 0 aromatic heterocycles. The summed E-state index contributed by atoms with van der Waals surface area (Å²) < 4.78 is 12.2. The lowest BCUT2D eigenvalue weighted by atomic mass is 9.47. The summed E-state index contributed by atoms with van der Waals surface area (Å²) in [6.07, 6.45) is 16.2. The minimum absolute atomic E-state index is 0.0347. The van der Waals surface area contributed by atoms with Gasteiger partial charge in [0.15, 0.2) is 6.29 Å². The van der Waals surface area contributed by atoms with Gasteiger partial charge >= 0.3 is 0 Å². The predicted octanol–water partition coefficient (Wildman–Crippen LogP) is 6.07. The fraction of sp³-hybridized carbons (Fsp3) is 0.885. The summed E-state index contributed by atoms with van der Waals surface area (Å²) in [5.41, 5.74) is 2.29. The molecule has 162 valence electrons. The molecular weight excluding hydrogens is 360 g/mol. The molecule has 1 aliphatic heterocycles. The highest BCUT2D eigenvalue weighted by molar-refractivity contribution is 5.79. The van der Waals surface area contributed by atoms with Crippen molar-refractivity contribution in [1.82, 2.24) is 0 Å². The van der Waals surface area contributed by atoms with Gasteiger partial charge in [-0.3, -0.25) is 4.79 Å². The number of carbonyl (C=O) groups is 1. The van der Waals surface area contributed by atoms with Gasteiger partial charge in [0.1, 0.15) is 5.78 Å².